The van der Waals surface area contributed by atoms with Gasteiger partial charge in [0.05, 0.1) is 22.8 Å². The van der Waals surface area contributed by atoms with Crippen molar-refractivity contribution < 1.29 is 0 Å². The zero-order valence-corrected chi connectivity index (χ0v) is 6.23. The molecule has 0 aliphatic heterocycles. The maximum absolute atomic E-state index is 7.39. The van der Waals surface area contributed by atoms with Gasteiger partial charge in [0.1, 0.15) is 0 Å². The number of nitrogens with two attached hydrogens (primary N) is 2. The zero-order valence-electron chi connectivity index (χ0n) is 6.23. The van der Waals surface area contributed by atoms with Gasteiger partial charge in [0.15, 0.2) is 0 Å². The first-order valence-corrected chi connectivity index (χ1v) is 3.15. The summed E-state index contributed by atoms with van der Waals surface area (Å²) in [5.41, 5.74) is 12.6. The molecule has 0 unspecified atom stereocenters. The molecule has 4 heteroatoms. The summed E-state index contributed by atoms with van der Waals surface area (Å²) in [4.78, 5) is 0. The standard InChI is InChI=1S/C7H10N4/c1-3-6(10)4(8)2-5(9)7(3)11/h2,8,11H,9-10H2,1H3. The Kier molecular flexibility index (Phi) is 1.53. The van der Waals surface area contributed by atoms with Gasteiger partial charge in [-0.2, -0.15) is 0 Å². The van der Waals surface area contributed by atoms with E-state index in [9.17, 15) is 0 Å². The summed E-state index contributed by atoms with van der Waals surface area (Å²) in [5.74, 6) is 0. The Morgan fingerprint density at radius 1 is 1.27 bits per heavy atom. The Hall–Kier alpha value is -1.58. The third kappa shape index (κ3) is 1.02. The average Bonchev–Trinajstić information content (AvgIpc) is 1.97. The molecule has 0 saturated carbocycles. The van der Waals surface area contributed by atoms with Crippen LogP contribution in [0.1, 0.15) is 6.92 Å². The van der Waals surface area contributed by atoms with Crippen molar-refractivity contribution in [2.45, 2.75) is 6.92 Å². The molecule has 4 nitrogen and oxygen atoms in total. The van der Waals surface area contributed by atoms with Gasteiger partial charge in [0.25, 0.3) is 0 Å². The third-order valence-corrected chi connectivity index (χ3v) is 1.66. The second-order valence-electron chi connectivity index (χ2n) is 2.43. The summed E-state index contributed by atoms with van der Waals surface area (Å²) in [5, 5.41) is 14.7. The molecule has 0 bridgehead atoms. The van der Waals surface area contributed by atoms with Crippen LogP contribution in [0.25, 0.3) is 0 Å². The molecule has 1 aliphatic carbocycles. The van der Waals surface area contributed by atoms with Gasteiger partial charge in [0.2, 0.25) is 0 Å². The maximum Gasteiger partial charge on any atom is 0.0820 e. The molecule has 58 valence electrons. The minimum absolute atomic E-state index is 0.191. The molecular formula is C7H10N4. The highest BCUT2D eigenvalue weighted by atomic mass is 14.7. The van der Waals surface area contributed by atoms with Gasteiger partial charge in [0, 0.05) is 5.57 Å². The van der Waals surface area contributed by atoms with E-state index >= 15 is 0 Å². The summed E-state index contributed by atoms with van der Waals surface area (Å²) in [6, 6.07) is 0. The first-order chi connectivity index (χ1) is 5.04. The van der Waals surface area contributed by atoms with Crippen LogP contribution in [0.4, 0.5) is 0 Å². The normalized spacial score (nSPS) is 18.8. The molecule has 0 aromatic heterocycles. The lowest BCUT2D eigenvalue weighted by molar-refractivity contribution is 1.27. The second-order valence-corrected chi connectivity index (χ2v) is 2.43. The molecule has 0 aromatic carbocycles. The summed E-state index contributed by atoms with van der Waals surface area (Å²) in [7, 11) is 0. The minimum Gasteiger partial charge on any atom is -0.397 e. The molecule has 0 aromatic rings. The Morgan fingerprint density at radius 2 is 1.82 bits per heavy atom. The van der Waals surface area contributed by atoms with Crippen molar-refractivity contribution in [3.05, 3.63) is 23.0 Å². The first-order valence-electron chi connectivity index (χ1n) is 3.15. The zero-order chi connectivity index (χ0) is 8.59. The third-order valence-electron chi connectivity index (χ3n) is 1.66. The van der Waals surface area contributed by atoms with E-state index < -0.39 is 0 Å². The van der Waals surface area contributed by atoms with E-state index in [1.54, 1.807) is 6.92 Å². The summed E-state index contributed by atoms with van der Waals surface area (Å²) in [6.07, 6.45) is 1.39. The predicted octanol–water partition coefficient (Wildman–Crippen LogP) is 0.115. The van der Waals surface area contributed by atoms with E-state index in [0.29, 0.717) is 17.0 Å². The quantitative estimate of drug-likeness (QED) is 0.368. The van der Waals surface area contributed by atoms with Crippen LogP contribution >= 0.6 is 0 Å². The Bertz CT molecular complexity index is 296. The van der Waals surface area contributed by atoms with E-state index in [2.05, 4.69) is 0 Å². The number of allylic oxidation sites excluding steroid dienone is 2. The number of nitrogens with one attached hydrogen (secondary N) is 2. The predicted molar refractivity (Wildman–Crippen MR) is 44.6 cm³/mol. The van der Waals surface area contributed by atoms with E-state index in [1.165, 1.54) is 6.08 Å². The van der Waals surface area contributed by atoms with Crippen LogP contribution in [-0.2, 0) is 0 Å². The smallest absolute Gasteiger partial charge is 0.0820 e. The van der Waals surface area contributed by atoms with Gasteiger partial charge in [-0.05, 0) is 13.0 Å². The Morgan fingerprint density at radius 3 is 2.36 bits per heavy atom. The topological polar surface area (TPSA) is 99.7 Å². The number of rotatable bonds is 0. The Labute approximate surface area is 64.6 Å². The van der Waals surface area contributed by atoms with E-state index in [0.717, 1.165) is 0 Å². The van der Waals surface area contributed by atoms with Crippen molar-refractivity contribution in [2.24, 2.45) is 11.5 Å². The van der Waals surface area contributed by atoms with Crippen molar-refractivity contribution >= 4 is 11.4 Å². The molecule has 0 fully saturated rings. The molecule has 1 aliphatic rings. The highest BCUT2D eigenvalue weighted by molar-refractivity contribution is 6.23. The largest absolute Gasteiger partial charge is 0.397 e. The van der Waals surface area contributed by atoms with Crippen molar-refractivity contribution in [1.82, 2.24) is 0 Å². The van der Waals surface area contributed by atoms with Crippen molar-refractivity contribution in [3.8, 4) is 0 Å². The molecule has 0 amide bonds. The average molecular weight is 150 g/mol. The molecule has 0 spiro atoms. The van der Waals surface area contributed by atoms with Crippen LogP contribution in [0, 0.1) is 10.8 Å². The molecule has 11 heavy (non-hydrogen) atoms. The van der Waals surface area contributed by atoms with Crippen LogP contribution in [0.2, 0.25) is 0 Å². The molecule has 0 atom stereocenters. The van der Waals surface area contributed by atoms with Crippen molar-refractivity contribution in [3.63, 3.8) is 0 Å². The fourth-order valence-electron chi connectivity index (χ4n) is 0.859. The van der Waals surface area contributed by atoms with Crippen molar-refractivity contribution in [2.75, 3.05) is 0 Å². The van der Waals surface area contributed by atoms with Crippen LogP contribution < -0.4 is 11.5 Å². The second kappa shape index (κ2) is 2.23. The van der Waals surface area contributed by atoms with Gasteiger partial charge in [-0.1, -0.05) is 0 Å². The van der Waals surface area contributed by atoms with Crippen LogP contribution in [-0.4, -0.2) is 11.4 Å². The van der Waals surface area contributed by atoms with E-state index in [1.807, 2.05) is 0 Å². The highest BCUT2D eigenvalue weighted by Crippen LogP contribution is 2.12. The number of hydrogen-bond donors (Lipinski definition) is 4. The summed E-state index contributed by atoms with van der Waals surface area (Å²) in [6.45, 7) is 1.69. The van der Waals surface area contributed by atoms with Crippen LogP contribution in [0.5, 0.6) is 0 Å². The minimum atomic E-state index is 0.191. The maximum atomic E-state index is 7.39. The van der Waals surface area contributed by atoms with Gasteiger partial charge < -0.3 is 11.5 Å². The lowest BCUT2D eigenvalue weighted by Crippen LogP contribution is -2.25. The molecule has 6 N–H and O–H groups in total. The monoisotopic (exact) mass is 150 g/mol. The molecular weight excluding hydrogens is 140 g/mol. The fraction of sp³-hybridized carbons (Fsp3) is 0.143. The van der Waals surface area contributed by atoms with E-state index in [-0.39, 0.29) is 11.4 Å². The number of hydrogen-bond acceptors (Lipinski definition) is 4. The molecule has 0 radical (unpaired) electrons. The Balaban J connectivity index is 3.19. The van der Waals surface area contributed by atoms with Gasteiger partial charge >= 0.3 is 0 Å². The van der Waals surface area contributed by atoms with E-state index in [4.69, 9.17) is 22.3 Å². The lowest BCUT2D eigenvalue weighted by Gasteiger charge is -2.14. The van der Waals surface area contributed by atoms with Gasteiger partial charge in [-0.15, -0.1) is 0 Å². The molecule has 0 saturated heterocycles. The van der Waals surface area contributed by atoms with Crippen LogP contribution in [0.15, 0.2) is 23.0 Å². The van der Waals surface area contributed by atoms with Crippen molar-refractivity contribution in [1.29, 1.82) is 10.8 Å². The summed E-state index contributed by atoms with van der Waals surface area (Å²) >= 11 is 0. The van der Waals surface area contributed by atoms with Gasteiger partial charge in [-0.3, -0.25) is 10.8 Å². The first kappa shape index (κ1) is 7.53. The molecule has 0 heterocycles. The lowest BCUT2D eigenvalue weighted by atomic mass is 9.98. The SMILES string of the molecule is CC1=C(N)C(=N)C=C(N)C1=N. The summed E-state index contributed by atoms with van der Waals surface area (Å²) < 4.78 is 0. The molecule has 1 rings (SSSR count). The fourth-order valence-corrected chi connectivity index (χ4v) is 0.859. The highest BCUT2D eigenvalue weighted by Gasteiger charge is 2.15. The van der Waals surface area contributed by atoms with Gasteiger partial charge in [-0.25, -0.2) is 0 Å². The van der Waals surface area contributed by atoms with Crippen LogP contribution in [0.3, 0.4) is 0 Å².